The number of halogens is 6. The van der Waals surface area contributed by atoms with Crippen LogP contribution >= 0.6 is 0 Å². The number of phenols is 1. The van der Waals surface area contributed by atoms with Crippen LogP contribution < -0.4 is 0 Å². The molecule has 3 rings (SSSR count). The Balaban J connectivity index is 0.00000100. The lowest BCUT2D eigenvalue weighted by molar-refractivity contribution is -0.161. The van der Waals surface area contributed by atoms with Gasteiger partial charge in [0.25, 0.3) is 0 Å². The van der Waals surface area contributed by atoms with Crippen LogP contribution in [0.3, 0.4) is 0 Å². The molecule has 24 heavy (non-hydrogen) atoms. The van der Waals surface area contributed by atoms with Crippen LogP contribution in [0, 0.1) is 6.92 Å². The van der Waals surface area contributed by atoms with E-state index in [0.717, 1.165) is 12.1 Å². The monoisotopic (exact) mass is 354 g/mol. The third-order valence-corrected chi connectivity index (χ3v) is 4.96. The Bertz CT molecular complexity index is 570. The zero-order valence-corrected chi connectivity index (χ0v) is 13.7. The molecule has 2 fully saturated rings. The third-order valence-electron chi connectivity index (χ3n) is 4.96. The highest BCUT2D eigenvalue weighted by Crippen LogP contribution is 2.64. The Kier molecular flexibility index (Phi) is 4.39. The predicted molar refractivity (Wildman–Crippen MR) is 78.1 cm³/mol. The first-order valence-electron chi connectivity index (χ1n) is 7.93. The highest BCUT2D eigenvalue weighted by atomic mass is 19.4. The largest absolute Gasteiger partial charge is 0.508 e. The summed E-state index contributed by atoms with van der Waals surface area (Å²) in [4.78, 5) is 0. The fourth-order valence-corrected chi connectivity index (χ4v) is 3.25. The van der Waals surface area contributed by atoms with Gasteiger partial charge in [-0.3, -0.25) is 0 Å². The van der Waals surface area contributed by atoms with Crippen molar-refractivity contribution in [1.82, 2.24) is 0 Å². The van der Waals surface area contributed by atoms with Crippen molar-refractivity contribution in [3.8, 4) is 5.75 Å². The second-order valence-electron chi connectivity index (χ2n) is 6.34. The molecule has 2 aliphatic carbocycles. The van der Waals surface area contributed by atoms with Gasteiger partial charge >= 0.3 is 12.4 Å². The lowest BCUT2D eigenvalue weighted by Gasteiger charge is -2.26. The molecule has 2 saturated carbocycles. The maximum Gasteiger partial charge on any atom is 0.398 e. The Labute approximate surface area is 136 Å². The van der Waals surface area contributed by atoms with Crippen LogP contribution in [0.25, 0.3) is 0 Å². The van der Waals surface area contributed by atoms with Gasteiger partial charge in [-0.05, 0) is 49.8 Å². The van der Waals surface area contributed by atoms with E-state index in [9.17, 15) is 31.4 Å². The number of hydrogen-bond donors (Lipinski definition) is 1. The van der Waals surface area contributed by atoms with E-state index in [1.807, 2.05) is 13.8 Å². The standard InChI is InChI=1S/C15H14F6O.C2H6/c1-8-6-11(22)10(13(4-5-13)15(19,20)21)7-9(8)12(2-3-12)14(16,17)18;1-2/h6-7,22H,2-5H2,1H3;1-2H3. The normalized spacial score (nSPS) is 20.9. The van der Waals surface area contributed by atoms with Crippen LogP contribution in [-0.2, 0) is 10.8 Å². The molecule has 0 radical (unpaired) electrons. The zero-order chi connectivity index (χ0) is 18.6. The van der Waals surface area contributed by atoms with Crippen molar-refractivity contribution < 1.29 is 31.4 Å². The Morgan fingerprint density at radius 3 is 1.50 bits per heavy atom. The molecule has 0 bridgehead atoms. The SMILES string of the molecule is CC.Cc1cc(O)c(C2(C(F)(F)F)CC2)cc1C1(C(F)(F)F)CC1. The van der Waals surface area contributed by atoms with Gasteiger partial charge in [-0.2, -0.15) is 26.3 Å². The molecule has 1 aromatic carbocycles. The van der Waals surface area contributed by atoms with Gasteiger partial charge in [-0.25, -0.2) is 0 Å². The quantitative estimate of drug-likeness (QED) is 0.654. The van der Waals surface area contributed by atoms with Crippen molar-refractivity contribution in [2.75, 3.05) is 0 Å². The first-order valence-corrected chi connectivity index (χ1v) is 7.93. The van der Waals surface area contributed by atoms with Gasteiger partial charge in [0.05, 0.1) is 10.8 Å². The predicted octanol–water partition coefficient (Wildman–Crippen LogP) is 5.91. The number of alkyl halides is 6. The highest BCUT2D eigenvalue weighted by Gasteiger charge is 2.67. The summed E-state index contributed by atoms with van der Waals surface area (Å²) >= 11 is 0. The fraction of sp³-hybridized carbons (Fsp3) is 0.647. The van der Waals surface area contributed by atoms with E-state index < -0.39 is 34.5 Å². The second-order valence-corrected chi connectivity index (χ2v) is 6.34. The van der Waals surface area contributed by atoms with Crippen LogP contribution in [0.4, 0.5) is 26.3 Å². The highest BCUT2D eigenvalue weighted by molar-refractivity contribution is 5.53. The van der Waals surface area contributed by atoms with Gasteiger partial charge in [0.15, 0.2) is 0 Å². The van der Waals surface area contributed by atoms with Crippen LogP contribution in [-0.4, -0.2) is 17.5 Å². The first kappa shape index (κ1) is 18.9. The lowest BCUT2D eigenvalue weighted by atomic mass is 9.84. The van der Waals surface area contributed by atoms with Crippen molar-refractivity contribution in [2.45, 2.75) is 69.6 Å². The molecule has 7 heteroatoms. The van der Waals surface area contributed by atoms with Crippen molar-refractivity contribution in [2.24, 2.45) is 0 Å². The van der Waals surface area contributed by atoms with Gasteiger partial charge in [0.2, 0.25) is 0 Å². The molecule has 1 N–H and O–H groups in total. The number of benzene rings is 1. The Morgan fingerprint density at radius 1 is 0.792 bits per heavy atom. The van der Waals surface area contributed by atoms with E-state index in [4.69, 9.17) is 0 Å². The number of hydrogen-bond acceptors (Lipinski definition) is 1. The minimum Gasteiger partial charge on any atom is -0.508 e. The molecule has 1 nitrogen and oxygen atoms in total. The number of aryl methyl sites for hydroxylation is 1. The average molecular weight is 354 g/mol. The zero-order valence-electron chi connectivity index (χ0n) is 13.7. The number of phenolic OH excluding ortho intramolecular Hbond substituents is 1. The third kappa shape index (κ3) is 2.65. The minimum atomic E-state index is -4.58. The summed E-state index contributed by atoms with van der Waals surface area (Å²) in [5.41, 5.74) is -4.63. The smallest absolute Gasteiger partial charge is 0.398 e. The summed E-state index contributed by atoms with van der Waals surface area (Å²) in [6, 6.07) is 1.97. The summed E-state index contributed by atoms with van der Waals surface area (Å²) in [5, 5.41) is 9.86. The molecule has 0 aliphatic heterocycles. The minimum absolute atomic E-state index is 0.124. The topological polar surface area (TPSA) is 20.2 Å². The molecule has 2 aliphatic rings. The van der Waals surface area contributed by atoms with E-state index in [2.05, 4.69) is 0 Å². The van der Waals surface area contributed by atoms with Gasteiger partial charge in [0.1, 0.15) is 5.75 Å². The molecule has 0 unspecified atom stereocenters. The lowest BCUT2D eigenvalue weighted by Crippen LogP contribution is -2.32. The van der Waals surface area contributed by atoms with Gasteiger partial charge in [0, 0.05) is 5.56 Å². The van der Waals surface area contributed by atoms with Gasteiger partial charge in [-0.15, -0.1) is 0 Å². The summed E-state index contributed by atoms with van der Waals surface area (Å²) in [5.74, 6) is -0.575. The summed E-state index contributed by atoms with van der Waals surface area (Å²) in [7, 11) is 0. The van der Waals surface area contributed by atoms with E-state index in [1.54, 1.807) is 0 Å². The van der Waals surface area contributed by atoms with Gasteiger partial charge in [-0.1, -0.05) is 19.9 Å². The Hall–Kier alpha value is -1.40. The molecule has 0 atom stereocenters. The summed E-state index contributed by atoms with van der Waals surface area (Å²) in [6.45, 7) is 5.39. The molecule has 0 aromatic heterocycles. The van der Waals surface area contributed by atoms with Crippen molar-refractivity contribution >= 4 is 0 Å². The number of aromatic hydroxyl groups is 1. The molecule has 136 valence electrons. The van der Waals surface area contributed by atoms with Gasteiger partial charge < -0.3 is 5.11 Å². The molecular weight excluding hydrogens is 334 g/mol. The summed E-state index contributed by atoms with van der Waals surface area (Å²) in [6.07, 6.45) is -9.73. The van der Waals surface area contributed by atoms with E-state index in [-0.39, 0.29) is 36.8 Å². The van der Waals surface area contributed by atoms with Crippen molar-refractivity contribution in [1.29, 1.82) is 0 Å². The fourth-order valence-electron chi connectivity index (χ4n) is 3.25. The maximum absolute atomic E-state index is 13.3. The van der Waals surface area contributed by atoms with Crippen molar-refractivity contribution in [3.63, 3.8) is 0 Å². The summed E-state index contributed by atoms with van der Waals surface area (Å²) < 4.78 is 79.4. The van der Waals surface area contributed by atoms with Crippen LogP contribution in [0.1, 0.15) is 56.2 Å². The molecule has 0 heterocycles. The molecule has 1 aromatic rings. The van der Waals surface area contributed by atoms with Crippen molar-refractivity contribution in [3.05, 3.63) is 28.8 Å². The first-order chi connectivity index (χ1) is 10.9. The van der Waals surface area contributed by atoms with E-state index in [1.165, 1.54) is 6.92 Å². The maximum atomic E-state index is 13.3. The molecular formula is C17H20F6O. The molecule has 0 spiro atoms. The van der Waals surface area contributed by atoms with Crippen LogP contribution in [0.15, 0.2) is 12.1 Å². The molecule has 0 amide bonds. The van der Waals surface area contributed by atoms with E-state index >= 15 is 0 Å². The van der Waals surface area contributed by atoms with Crippen LogP contribution in [0.2, 0.25) is 0 Å². The molecule has 0 saturated heterocycles. The second kappa shape index (κ2) is 5.56. The number of rotatable bonds is 2. The van der Waals surface area contributed by atoms with E-state index in [0.29, 0.717) is 0 Å². The van der Waals surface area contributed by atoms with Crippen LogP contribution in [0.5, 0.6) is 5.75 Å². The Morgan fingerprint density at radius 2 is 1.17 bits per heavy atom. The average Bonchev–Trinajstić information content (AvgIpc) is 3.33.